The molecule has 0 aliphatic rings. The van der Waals surface area contributed by atoms with Crippen molar-refractivity contribution >= 4 is 31.4 Å². The van der Waals surface area contributed by atoms with Crippen LogP contribution < -0.4 is 4.46 Å². The van der Waals surface area contributed by atoms with E-state index < -0.39 is 4.31 Å². The summed E-state index contributed by atoms with van der Waals surface area (Å²) < 4.78 is 9.95. The van der Waals surface area contributed by atoms with Crippen molar-refractivity contribution in [3.05, 3.63) is 42.5 Å². The van der Waals surface area contributed by atoms with E-state index in [9.17, 15) is 9.59 Å². The molecular formula is C15H18O4Se. The number of allylic oxidation sites excluding steroid dienone is 1. The Hall–Kier alpha value is -1.58. The molecule has 20 heavy (non-hydrogen) atoms. The Morgan fingerprint density at radius 2 is 1.85 bits per heavy atom. The molecule has 0 aromatic heterocycles. The van der Waals surface area contributed by atoms with Gasteiger partial charge in [0.2, 0.25) is 0 Å². The fourth-order valence-corrected chi connectivity index (χ4v) is 4.13. The zero-order valence-electron chi connectivity index (χ0n) is 11.8. The van der Waals surface area contributed by atoms with Crippen LogP contribution in [-0.4, -0.2) is 41.1 Å². The molecule has 0 fully saturated rings. The van der Waals surface area contributed by atoms with Gasteiger partial charge in [-0.2, -0.15) is 0 Å². The molecule has 1 aromatic rings. The molecule has 5 heteroatoms. The SMILES string of the molecule is C=CCC(C)([Se]c1ccc(C(=O)OC)cc1)C(=O)OC. The number of rotatable bonds is 6. The van der Waals surface area contributed by atoms with Crippen LogP contribution in [0.15, 0.2) is 36.9 Å². The van der Waals surface area contributed by atoms with Crippen molar-refractivity contribution in [2.45, 2.75) is 17.7 Å². The van der Waals surface area contributed by atoms with Crippen molar-refractivity contribution in [1.82, 2.24) is 0 Å². The van der Waals surface area contributed by atoms with Crippen LogP contribution in [0.25, 0.3) is 0 Å². The number of methoxy groups -OCH3 is 2. The van der Waals surface area contributed by atoms with Gasteiger partial charge in [-0.1, -0.05) is 0 Å². The molecule has 0 saturated carbocycles. The summed E-state index contributed by atoms with van der Waals surface area (Å²) in [6.45, 7) is 5.56. The Morgan fingerprint density at radius 3 is 2.30 bits per heavy atom. The summed E-state index contributed by atoms with van der Waals surface area (Å²) >= 11 is -0.122. The first-order valence-electron chi connectivity index (χ1n) is 6.03. The molecule has 108 valence electrons. The molecule has 0 aliphatic carbocycles. The standard InChI is InChI=1S/C15H18O4Se/c1-5-10-15(2,14(17)19-4)20-12-8-6-11(7-9-12)13(16)18-3/h5-9H,1,10H2,2-4H3. The molecule has 1 aromatic carbocycles. The first kappa shape index (κ1) is 16.5. The summed E-state index contributed by atoms with van der Waals surface area (Å²) in [5, 5.41) is 0. The van der Waals surface area contributed by atoms with Crippen molar-refractivity contribution in [1.29, 1.82) is 0 Å². The summed E-state index contributed by atoms with van der Waals surface area (Å²) in [6, 6.07) is 7.09. The maximum atomic E-state index is 11.9. The predicted molar refractivity (Wildman–Crippen MR) is 78.4 cm³/mol. The van der Waals surface area contributed by atoms with Crippen LogP contribution in [0.4, 0.5) is 0 Å². The quantitative estimate of drug-likeness (QED) is 0.449. The van der Waals surface area contributed by atoms with E-state index in [0.717, 1.165) is 4.46 Å². The van der Waals surface area contributed by atoms with Gasteiger partial charge in [-0.05, 0) is 0 Å². The summed E-state index contributed by atoms with van der Waals surface area (Å²) in [5.41, 5.74) is 0.496. The predicted octanol–water partition coefficient (Wildman–Crippen LogP) is 1.73. The number of carbonyl (C=O) groups is 2. The Balaban J connectivity index is 2.92. The number of esters is 2. The van der Waals surface area contributed by atoms with Gasteiger partial charge >= 0.3 is 125 Å². The van der Waals surface area contributed by atoms with Crippen LogP contribution in [-0.2, 0) is 14.3 Å². The summed E-state index contributed by atoms with van der Waals surface area (Å²) in [4.78, 5) is 23.3. The van der Waals surface area contributed by atoms with E-state index in [2.05, 4.69) is 11.3 Å². The van der Waals surface area contributed by atoms with Gasteiger partial charge in [0.05, 0.1) is 0 Å². The van der Waals surface area contributed by atoms with Gasteiger partial charge in [0.1, 0.15) is 0 Å². The van der Waals surface area contributed by atoms with Crippen molar-refractivity contribution < 1.29 is 19.1 Å². The molecule has 1 atom stereocenters. The van der Waals surface area contributed by atoms with Gasteiger partial charge in [0.15, 0.2) is 0 Å². The second-order valence-corrected chi connectivity index (χ2v) is 7.64. The van der Waals surface area contributed by atoms with Crippen molar-refractivity contribution in [2.24, 2.45) is 0 Å². The maximum absolute atomic E-state index is 11.9. The monoisotopic (exact) mass is 342 g/mol. The van der Waals surface area contributed by atoms with E-state index in [1.165, 1.54) is 14.2 Å². The van der Waals surface area contributed by atoms with Gasteiger partial charge in [-0.3, -0.25) is 0 Å². The average Bonchev–Trinajstić information content (AvgIpc) is 2.46. The Labute approximate surface area is 125 Å². The van der Waals surface area contributed by atoms with Crippen molar-refractivity contribution in [3.63, 3.8) is 0 Å². The molecule has 0 spiro atoms. The Morgan fingerprint density at radius 1 is 1.25 bits per heavy atom. The van der Waals surface area contributed by atoms with Crippen LogP contribution in [0, 0.1) is 0 Å². The molecule has 0 amide bonds. The van der Waals surface area contributed by atoms with Gasteiger partial charge in [-0.15, -0.1) is 0 Å². The van der Waals surface area contributed by atoms with Crippen molar-refractivity contribution in [3.8, 4) is 0 Å². The van der Waals surface area contributed by atoms with Crippen LogP contribution in [0.3, 0.4) is 0 Å². The number of hydrogen-bond acceptors (Lipinski definition) is 4. The molecule has 4 nitrogen and oxygen atoms in total. The molecule has 0 aliphatic heterocycles. The topological polar surface area (TPSA) is 52.6 Å². The van der Waals surface area contributed by atoms with E-state index in [4.69, 9.17) is 4.74 Å². The van der Waals surface area contributed by atoms with Gasteiger partial charge in [-0.25, -0.2) is 0 Å². The third-order valence-electron chi connectivity index (χ3n) is 2.77. The van der Waals surface area contributed by atoms with Crippen LogP contribution in [0.5, 0.6) is 0 Å². The third kappa shape index (κ3) is 3.95. The molecule has 0 radical (unpaired) electrons. The molecular weight excluding hydrogens is 323 g/mol. The van der Waals surface area contributed by atoms with E-state index in [0.29, 0.717) is 12.0 Å². The van der Waals surface area contributed by atoms with Gasteiger partial charge < -0.3 is 0 Å². The van der Waals surface area contributed by atoms with Crippen LogP contribution in [0.2, 0.25) is 4.31 Å². The average molecular weight is 341 g/mol. The fraction of sp³-hybridized carbons (Fsp3) is 0.333. The van der Waals surface area contributed by atoms with E-state index in [1.807, 2.05) is 19.1 Å². The van der Waals surface area contributed by atoms with E-state index in [1.54, 1.807) is 18.2 Å². The van der Waals surface area contributed by atoms with Gasteiger partial charge in [0, 0.05) is 0 Å². The number of ether oxygens (including phenoxy) is 2. The molecule has 0 heterocycles. The Bertz CT molecular complexity index is 495. The molecule has 1 rings (SSSR count). The first-order valence-corrected chi connectivity index (χ1v) is 7.75. The zero-order valence-corrected chi connectivity index (χ0v) is 13.6. The third-order valence-corrected chi connectivity index (χ3v) is 5.48. The number of hydrogen-bond donors (Lipinski definition) is 0. The summed E-state index contributed by atoms with van der Waals surface area (Å²) in [5.74, 6) is -0.611. The first-order chi connectivity index (χ1) is 9.46. The van der Waals surface area contributed by atoms with Crippen LogP contribution >= 0.6 is 0 Å². The Kier molecular flexibility index (Phi) is 5.99. The van der Waals surface area contributed by atoms with Gasteiger partial charge in [0.25, 0.3) is 0 Å². The fourth-order valence-electron chi connectivity index (χ4n) is 1.70. The second-order valence-electron chi connectivity index (χ2n) is 4.33. The second kappa shape index (κ2) is 7.27. The van der Waals surface area contributed by atoms with Crippen LogP contribution in [0.1, 0.15) is 23.7 Å². The van der Waals surface area contributed by atoms with E-state index >= 15 is 0 Å². The molecule has 0 bridgehead atoms. The number of carbonyl (C=O) groups excluding carboxylic acids is 2. The summed E-state index contributed by atoms with van der Waals surface area (Å²) in [6.07, 6.45) is 2.28. The number of benzene rings is 1. The molecule has 0 saturated heterocycles. The normalized spacial score (nSPS) is 13.2. The minimum atomic E-state index is -0.587. The minimum absolute atomic E-state index is 0.122. The molecule has 0 N–H and O–H groups in total. The molecule has 1 unspecified atom stereocenters. The summed E-state index contributed by atoms with van der Waals surface area (Å²) in [7, 11) is 2.73. The zero-order chi connectivity index (χ0) is 15.2. The van der Waals surface area contributed by atoms with E-state index in [-0.39, 0.29) is 26.9 Å². The van der Waals surface area contributed by atoms with Crippen molar-refractivity contribution in [2.75, 3.05) is 14.2 Å².